The van der Waals surface area contributed by atoms with Gasteiger partial charge >= 0.3 is 6.18 Å². The number of carbonyl (C=O) groups is 1. The zero-order chi connectivity index (χ0) is 23.0. The Bertz CT molecular complexity index is 1130. The molecule has 168 valence electrons. The molecule has 1 amide bonds. The van der Waals surface area contributed by atoms with Crippen molar-refractivity contribution in [1.29, 1.82) is 0 Å². The molecule has 3 N–H and O–H groups in total. The lowest BCUT2D eigenvalue weighted by Gasteiger charge is -2.33. The average molecular weight is 465 g/mol. The summed E-state index contributed by atoms with van der Waals surface area (Å²) in [4.78, 5) is 12.7. The van der Waals surface area contributed by atoms with Crippen LogP contribution in [0.2, 0.25) is 5.02 Å². The van der Waals surface area contributed by atoms with Crippen molar-refractivity contribution >= 4 is 29.0 Å². The molecule has 0 saturated heterocycles. The first-order valence-electron chi connectivity index (χ1n) is 9.89. The lowest BCUT2D eigenvalue weighted by atomic mass is 9.97. The highest BCUT2D eigenvalue weighted by Crippen LogP contribution is 2.43. The molecule has 0 bridgehead atoms. The minimum absolute atomic E-state index is 0.0985. The van der Waals surface area contributed by atoms with Crippen molar-refractivity contribution in [3.63, 3.8) is 0 Å². The van der Waals surface area contributed by atoms with Crippen LogP contribution in [0.25, 0.3) is 0 Å². The van der Waals surface area contributed by atoms with Gasteiger partial charge < -0.3 is 15.7 Å². The third kappa shape index (κ3) is 4.58. The summed E-state index contributed by atoms with van der Waals surface area (Å²) in [5.74, 6) is -0.554. The highest BCUT2D eigenvalue weighted by Gasteiger charge is 2.46. The van der Waals surface area contributed by atoms with Crippen LogP contribution >= 0.6 is 11.6 Å². The minimum Gasteiger partial charge on any atom is -0.389 e. The molecule has 0 aliphatic carbocycles. The number of hydrogen-bond acceptors (Lipinski definition) is 4. The van der Waals surface area contributed by atoms with Crippen molar-refractivity contribution < 1.29 is 23.1 Å². The highest BCUT2D eigenvalue weighted by atomic mass is 35.5. The number of anilines is 2. The highest BCUT2D eigenvalue weighted by molar-refractivity contribution is 6.30. The van der Waals surface area contributed by atoms with Crippen LogP contribution in [0.5, 0.6) is 0 Å². The number of benzene rings is 2. The number of carbonyl (C=O) groups excluding carboxylic acids is 1. The summed E-state index contributed by atoms with van der Waals surface area (Å²) < 4.78 is 42.3. The number of nitrogens with one attached hydrogen (secondary N) is 2. The standard InChI is InChI=1S/C22H20ClF3N4O2/c1-12(31)14-3-2-4-16(9-14)27-21(32)18-11-20-28-17(13-5-7-15(23)8-6-13)10-19(22(24,25)26)30(20)29-18/h2-9,11-12,17,19,28,31H,10H2,1H3,(H,27,32)/t12-,17+,19+/m0/s1. The number of hydrogen-bond donors (Lipinski definition) is 3. The zero-order valence-corrected chi connectivity index (χ0v) is 17.7. The Morgan fingerprint density at radius 1 is 1.25 bits per heavy atom. The number of aromatic nitrogens is 2. The van der Waals surface area contributed by atoms with Crippen molar-refractivity contribution in [2.75, 3.05) is 10.6 Å². The molecule has 2 heterocycles. The van der Waals surface area contributed by atoms with Crippen LogP contribution in [-0.4, -0.2) is 27.0 Å². The number of aliphatic hydroxyl groups is 1. The van der Waals surface area contributed by atoms with Crippen LogP contribution in [0, 0.1) is 0 Å². The van der Waals surface area contributed by atoms with Crippen LogP contribution in [0.4, 0.5) is 24.7 Å². The molecular weight excluding hydrogens is 445 g/mol. The van der Waals surface area contributed by atoms with E-state index in [0.29, 0.717) is 21.8 Å². The van der Waals surface area contributed by atoms with E-state index in [9.17, 15) is 23.1 Å². The molecule has 0 saturated carbocycles. The first-order chi connectivity index (χ1) is 15.1. The van der Waals surface area contributed by atoms with E-state index in [1.807, 2.05) is 0 Å². The zero-order valence-electron chi connectivity index (χ0n) is 16.9. The van der Waals surface area contributed by atoms with Crippen LogP contribution in [0.3, 0.4) is 0 Å². The molecule has 0 radical (unpaired) electrons. The molecule has 0 unspecified atom stereocenters. The normalized spacial score (nSPS) is 19.1. The molecule has 0 fully saturated rings. The van der Waals surface area contributed by atoms with Gasteiger partial charge in [0.05, 0.1) is 12.1 Å². The van der Waals surface area contributed by atoms with Gasteiger partial charge in [0.15, 0.2) is 11.7 Å². The molecule has 4 rings (SSSR count). The van der Waals surface area contributed by atoms with Gasteiger partial charge in [0.1, 0.15) is 5.82 Å². The molecule has 10 heteroatoms. The summed E-state index contributed by atoms with van der Waals surface area (Å²) in [6.45, 7) is 1.59. The minimum atomic E-state index is -4.55. The molecule has 2 aromatic carbocycles. The van der Waals surface area contributed by atoms with Gasteiger partial charge in [-0.15, -0.1) is 0 Å². The van der Waals surface area contributed by atoms with Crippen molar-refractivity contribution in [2.24, 2.45) is 0 Å². The van der Waals surface area contributed by atoms with Crippen molar-refractivity contribution in [1.82, 2.24) is 9.78 Å². The topological polar surface area (TPSA) is 79.2 Å². The van der Waals surface area contributed by atoms with Gasteiger partial charge in [-0.05, 0) is 42.3 Å². The second-order valence-corrected chi connectivity index (χ2v) is 8.09. The van der Waals surface area contributed by atoms with Gasteiger partial charge in [-0.3, -0.25) is 4.79 Å². The maximum Gasteiger partial charge on any atom is 0.410 e. The average Bonchev–Trinajstić information content (AvgIpc) is 3.17. The van der Waals surface area contributed by atoms with Crippen LogP contribution in [0.1, 0.15) is 53.1 Å². The van der Waals surface area contributed by atoms with E-state index < -0.39 is 30.3 Å². The van der Waals surface area contributed by atoms with E-state index in [0.717, 1.165) is 4.68 Å². The lowest BCUT2D eigenvalue weighted by Crippen LogP contribution is -2.35. The Morgan fingerprint density at radius 2 is 1.97 bits per heavy atom. The summed E-state index contributed by atoms with van der Waals surface area (Å²) >= 11 is 5.89. The molecule has 1 aromatic heterocycles. The Kier molecular flexibility index (Phi) is 5.87. The number of rotatable bonds is 4. The summed E-state index contributed by atoms with van der Waals surface area (Å²) in [5, 5.41) is 19.8. The van der Waals surface area contributed by atoms with Gasteiger partial charge in [0.2, 0.25) is 0 Å². The van der Waals surface area contributed by atoms with Gasteiger partial charge in [-0.2, -0.15) is 18.3 Å². The molecule has 1 aliphatic rings. The summed E-state index contributed by atoms with van der Waals surface area (Å²) in [7, 11) is 0. The first-order valence-corrected chi connectivity index (χ1v) is 10.3. The fourth-order valence-corrected chi connectivity index (χ4v) is 3.80. The molecular formula is C22H20ClF3N4O2. The maximum atomic E-state index is 13.8. The largest absolute Gasteiger partial charge is 0.410 e. The molecule has 3 atom stereocenters. The molecule has 6 nitrogen and oxygen atoms in total. The SMILES string of the molecule is C[C@H](O)c1cccc(NC(=O)c2cc3n(n2)[C@@H](C(F)(F)F)C[C@H](c2ccc(Cl)cc2)N3)c1. The van der Waals surface area contributed by atoms with E-state index in [1.165, 1.54) is 6.07 Å². The molecule has 3 aromatic rings. The van der Waals surface area contributed by atoms with Crippen molar-refractivity contribution in [3.05, 3.63) is 76.4 Å². The van der Waals surface area contributed by atoms with Crippen molar-refractivity contribution in [3.8, 4) is 0 Å². The first kappa shape index (κ1) is 22.2. The van der Waals surface area contributed by atoms with Crippen LogP contribution in [0.15, 0.2) is 54.6 Å². The number of nitrogens with zero attached hydrogens (tertiary/aromatic N) is 2. The third-order valence-corrected chi connectivity index (χ3v) is 5.57. The Labute approximate surface area is 187 Å². The lowest BCUT2D eigenvalue weighted by molar-refractivity contribution is -0.173. The van der Waals surface area contributed by atoms with Crippen molar-refractivity contribution in [2.45, 2.75) is 37.7 Å². The number of halogens is 4. The molecule has 1 aliphatic heterocycles. The fraction of sp³-hybridized carbons (Fsp3) is 0.273. The summed E-state index contributed by atoms with van der Waals surface area (Å²) in [5.41, 5.74) is 1.49. The van der Waals surface area contributed by atoms with Crippen LogP contribution in [-0.2, 0) is 0 Å². The van der Waals surface area contributed by atoms with Gasteiger partial charge in [-0.25, -0.2) is 4.68 Å². The van der Waals surface area contributed by atoms with E-state index in [2.05, 4.69) is 15.7 Å². The van der Waals surface area contributed by atoms with E-state index in [4.69, 9.17) is 11.6 Å². The number of alkyl halides is 3. The van der Waals surface area contributed by atoms with E-state index in [1.54, 1.807) is 55.5 Å². The van der Waals surface area contributed by atoms with E-state index >= 15 is 0 Å². The molecule has 32 heavy (non-hydrogen) atoms. The smallest absolute Gasteiger partial charge is 0.389 e. The quantitative estimate of drug-likeness (QED) is 0.476. The second-order valence-electron chi connectivity index (χ2n) is 7.66. The number of fused-ring (bicyclic) bond motifs is 1. The number of amides is 1. The van der Waals surface area contributed by atoms with Gasteiger partial charge in [-0.1, -0.05) is 35.9 Å². The van der Waals surface area contributed by atoms with Gasteiger partial charge in [0.25, 0.3) is 5.91 Å². The second kappa shape index (κ2) is 8.48. The maximum absolute atomic E-state index is 13.8. The summed E-state index contributed by atoms with van der Waals surface area (Å²) in [6, 6.07) is 11.9. The predicted octanol–water partition coefficient (Wildman–Crippen LogP) is 5.50. The summed E-state index contributed by atoms with van der Waals surface area (Å²) in [6.07, 6.45) is -5.56. The van der Waals surface area contributed by atoms with E-state index in [-0.39, 0.29) is 17.9 Å². The third-order valence-electron chi connectivity index (χ3n) is 5.32. The Balaban J connectivity index is 1.62. The van der Waals surface area contributed by atoms with Gasteiger partial charge in [0, 0.05) is 23.2 Å². The monoisotopic (exact) mass is 464 g/mol. The number of aliphatic hydroxyl groups excluding tert-OH is 1. The fourth-order valence-electron chi connectivity index (χ4n) is 3.67. The predicted molar refractivity (Wildman–Crippen MR) is 115 cm³/mol. The van der Waals surface area contributed by atoms with Crippen LogP contribution < -0.4 is 10.6 Å². The molecule has 0 spiro atoms. The Hall–Kier alpha value is -3.04. The Morgan fingerprint density at radius 3 is 2.62 bits per heavy atom.